The van der Waals surface area contributed by atoms with Crippen LogP contribution in [-0.2, 0) is 10.0 Å². The summed E-state index contributed by atoms with van der Waals surface area (Å²) in [7, 11) is 0.318. The molecule has 0 aromatic heterocycles. The minimum atomic E-state index is -3.50. The zero-order chi connectivity index (χ0) is 14.5. The normalized spacial score (nSPS) is 15.9. The molecule has 0 aliphatic rings. The molecule has 0 rings (SSSR count). The fraction of sp³-hybridized carbons (Fsp3) is 0.909. The molecule has 0 aliphatic carbocycles. The third-order valence-corrected chi connectivity index (χ3v) is 5.15. The fourth-order valence-corrected chi connectivity index (χ4v) is 3.87. The highest BCUT2D eigenvalue weighted by molar-refractivity contribution is 7.93. The smallest absolute Gasteiger partial charge is 0.221 e. The third-order valence-electron chi connectivity index (χ3n) is 2.74. The summed E-state index contributed by atoms with van der Waals surface area (Å²) in [6, 6.07) is -0.145. The summed E-state index contributed by atoms with van der Waals surface area (Å²) in [6.07, 6.45) is 0.386. The lowest BCUT2D eigenvalue weighted by Gasteiger charge is -2.27. The predicted octanol–water partition coefficient (Wildman–Crippen LogP) is 0.557. The molecule has 2 unspecified atom stereocenters. The van der Waals surface area contributed by atoms with Gasteiger partial charge in [-0.1, -0.05) is 33.0 Å². The molecule has 0 aromatic rings. The van der Waals surface area contributed by atoms with Crippen LogP contribution in [0.4, 0.5) is 0 Å². The van der Waals surface area contributed by atoms with Crippen LogP contribution < -0.4 is 10.5 Å². The third kappa shape index (κ3) is 5.60. The van der Waals surface area contributed by atoms with E-state index in [-0.39, 0.29) is 16.9 Å². The van der Waals surface area contributed by atoms with E-state index >= 15 is 0 Å². The summed E-state index contributed by atoms with van der Waals surface area (Å²) in [4.78, 5) is 1.98. The van der Waals surface area contributed by atoms with Gasteiger partial charge in [0.15, 0.2) is 0 Å². The van der Waals surface area contributed by atoms with Gasteiger partial charge in [-0.3, -0.25) is 0 Å². The van der Waals surface area contributed by atoms with Crippen LogP contribution >= 0.6 is 12.2 Å². The number of thiocarbonyl (C=S) groups is 1. The number of nitrogens with one attached hydrogen (secondary N) is 1. The molecule has 0 bridgehead atoms. The summed E-state index contributed by atoms with van der Waals surface area (Å²) < 4.78 is 27.1. The molecule has 5 nitrogen and oxygen atoms in total. The van der Waals surface area contributed by atoms with Crippen molar-refractivity contribution >= 4 is 27.2 Å². The standard InChI is InChI=1S/C11H25N3O2S2/c1-6-10(11(12)17)18(15,16)13-9(8(2)3)7-14(4)5/h8-10,13H,6-7H2,1-5H3,(H2,12,17). The van der Waals surface area contributed by atoms with E-state index in [1.165, 1.54) is 0 Å². The van der Waals surface area contributed by atoms with Gasteiger partial charge in [0.2, 0.25) is 10.0 Å². The average Bonchev–Trinajstić information content (AvgIpc) is 2.14. The second-order valence-electron chi connectivity index (χ2n) is 5.07. The van der Waals surface area contributed by atoms with Gasteiger partial charge in [0, 0.05) is 12.6 Å². The lowest BCUT2D eigenvalue weighted by molar-refractivity contribution is 0.314. The number of sulfonamides is 1. The Morgan fingerprint density at radius 1 is 1.39 bits per heavy atom. The molecular weight excluding hydrogens is 270 g/mol. The van der Waals surface area contributed by atoms with Crippen molar-refractivity contribution in [2.24, 2.45) is 11.7 Å². The molecule has 3 N–H and O–H groups in total. The molecule has 0 aromatic carbocycles. The van der Waals surface area contributed by atoms with Crippen molar-refractivity contribution in [3.05, 3.63) is 0 Å². The van der Waals surface area contributed by atoms with Crippen molar-refractivity contribution < 1.29 is 8.42 Å². The van der Waals surface area contributed by atoms with Crippen LogP contribution in [0.2, 0.25) is 0 Å². The van der Waals surface area contributed by atoms with Gasteiger partial charge in [-0.15, -0.1) is 0 Å². The molecule has 18 heavy (non-hydrogen) atoms. The quantitative estimate of drug-likeness (QED) is 0.640. The fourth-order valence-electron chi connectivity index (χ4n) is 1.64. The van der Waals surface area contributed by atoms with Crippen LogP contribution in [0.15, 0.2) is 0 Å². The van der Waals surface area contributed by atoms with Gasteiger partial charge in [0.1, 0.15) is 5.25 Å². The number of rotatable bonds is 8. The Labute approximate surface area is 116 Å². The summed E-state index contributed by atoms with van der Waals surface area (Å²) >= 11 is 4.82. The summed E-state index contributed by atoms with van der Waals surface area (Å²) in [5, 5.41) is -0.795. The zero-order valence-corrected chi connectivity index (χ0v) is 13.4. The molecule has 2 atom stereocenters. The topological polar surface area (TPSA) is 75.4 Å². The molecular formula is C11H25N3O2S2. The highest BCUT2D eigenvalue weighted by Crippen LogP contribution is 2.10. The van der Waals surface area contributed by atoms with Crippen LogP contribution in [0.5, 0.6) is 0 Å². The maximum atomic E-state index is 12.2. The molecule has 108 valence electrons. The molecule has 0 saturated heterocycles. The molecule has 0 saturated carbocycles. The monoisotopic (exact) mass is 295 g/mol. The lowest BCUT2D eigenvalue weighted by atomic mass is 10.1. The number of nitrogens with two attached hydrogens (primary N) is 1. The molecule has 0 heterocycles. The van der Waals surface area contributed by atoms with Crippen LogP contribution in [0, 0.1) is 5.92 Å². The van der Waals surface area contributed by atoms with Gasteiger partial charge >= 0.3 is 0 Å². The Bertz CT molecular complexity index is 366. The van der Waals surface area contributed by atoms with E-state index in [4.69, 9.17) is 18.0 Å². The SMILES string of the molecule is CCC(C(N)=S)S(=O)(=O)NC(CN(C)C)C(C)C. The maximum Gasteiger partial charge on any atom is 0.221 e. The van der Waals surface area contributed by atoms with Crippen LogP contribution in [0.3, 0.4) is 0 Å². The second kappa shape index (κ2) is 7.37. The van der Waals surface area contributed by atoms with Crippen molar-refractivity contribution in [1.82, 2.24) is 9.62 Å². The van der Waals surface area contributed by atoms with Crippen molar-refractivity contribution in [3.8, 4) is 0 Å². The van der Waals surface area contributed by atoms with Crippen molar-refractivity contribution in [2.45, 2.75) is 38.5 Å². The Morgan fingerprint density at radius 3 is 2.17 bits per heavy atom. The van der Waals surface area contributed by atoms with E-state index < -0.39 is 15.3 Å². The Kier molecular flexibility index (Phi) is 7.28. The second-order valence-corrected chi connectivity index (χ2v) is 7.44. The summed E-state index contributed by atoms with van der Waals surface area (Å²) in [5.74, 6) is 0.200. The first-order valence-electron chi connectivity index (χ1n) is 6.07. The highest BCUT2D eigenvalue weighted by atomic mass is 32.2. The van der Waals surface area contributed by atoms with Crippen LogP contribution in [-0.4, -0.2) is 50.2 Å². The van der Waals surface area contributed by atoms with Gasteiger partial charge in [0.25, 0.3) is 0 Å². The van der Waals surface area contributed by atoms with Gasteiger partial charge in [-0.2, -0.15) is 0 Å². The zero-order valence-electron chi connectivity index (χ0n) is 11.8. The first-order chi connectivity index (χ1) is 8.11. The highest BCUT2D eigenvalue weighted by Gasteiger charge is 2.30. The lowest BCUT2D eigenvalue weighted by Crippen LogP contribution is -2.50. The number of hydrogen-bond acceptors (Lipinski definition) is 4. The average molecular weight is 295 g/mol. The van der Waals surface area contributed by atoms with E-state index in [1.807, 2.05) is 32.8 Å². The van der Waals surface area contributed by atoms with Gasteiger partial charge < -0.3 is 10.6 Å². The van der Waals surface area contributed by atoms with Crippen molar-refractivity contribution in [3.63, 3.8) is 0 Å². The van der Waals surface area contributed by atoms with Crippen molar-refractivity contribution in [1.29, 1.82) is 0 Å². The van der Waals surface area contributed by atoms with E-state index in [0.717, 1.165) is 0 Å². The summed E-state index contributed by atoms with van der Waals surface area (Å²) in [5.41, 5.74) is 5.49. The van der Waals surface area contributed by atoms with E-state index in [1.54, 1.807) is 6.92 Å². The summed E-state index contributed by atoms with van der Waals surface area (Å²) in [6.45, 7) is 6.38. The Hall–Kier alpha value is -0.240. The molecule has 7 heteroatoms. The number of nitrogens with zero attached hydrogens (tertiary/aromatic N) is 1. The predicted molar refractivity (Wildman–Crippen MR) is 80.1 cm³/mol. The van der Waals surface area contributed by atoms with E-state index in [0.29, 0.717) is 13.0 Å². The van der Waals surface area contributed by atoms with E-state index in [2.05, 4.69) is 4.72 Å². The van der Waals surface area contributed by atoms with E-state index in [9.17, 15) is 8.42 Å². The first kappa shape index (κ1) is 17.8. The molecule has 0 spiro atoms. The minimum absolute atomic E-state index is 0.0253. The van der Waals surface area contributed by atoms with Crippen LogP contribution in [0.1, 0.15) is 27.2 Å². The number of likely N-dealkylation sites (N-methyl/N-ethyl adjacent to an activating group) is 1. The minimum Gasteiger partial charge on any atom is -0.392 e. The largest absolute Gasteiger partial charge is 0.392 e. The van der Waals surface area contributed by atoms with Gasteiger partial charge in [-0.25, -0.2) is 13.1 Å². The molecule has 0 aliphatic heterocycles. The Morgan fingerprint density at radius 2 is 1.89 bits per heavy atom. The van der Waals surface area contributed by atoms with Crippen molar-refractivity contribution in [2.75, 3.05) is 20.6 Å². The molecule has 0 fully saturated rings. The maximum absolute atomic E-state index is 12.2. The Balaban J connectivity index is 4.96. The van der Waals surface area contributed by atoms with Crippen LogP contribution in [0.25, 0.3) is 0 Å². The number of hydrogen-bond donors (Lipinski definition) is 2. The molecule has 0 radical (unpaired) electrons. The van der Waals surface area contributed by atoms with Gasteiger partial charge in [0.05, 0.1) is 4.99 Å². The molecule has 0 amide bonds. The first-order valence-corrected chi connectivity index (χ1v) is 8.02. The van der Waals surface area contributed by atoms with Gasteiger partial charge in [-0.05, 0) is 26.4 Å².